The van der Waals surface area contributed by atoms with Crippen LogP contribution in [0.25, 0.3) is 0 Å². The highest BCUT2D eigenvalue weighted by Crippen LogP contribution is 2.12. The van der Waals surface area contributed by atoms with E-state index in [0.717, 1.165) is 18.9 Å². The Hall–Kier alpha value is -0.820. The quantitative estimate of drug-likeness (QED) is 0.557. The minimum atomic E-state index is -3.01. The number of sulfonamides is 1. The minimum absolute atomic E-state index is 0.277. The van der Waals surface area contributed by atoms with E-state index in [1.807, 2.05) is 6.92 Å². The lowest BCUT2D eigenvalue weighted by Gasteiger charge is -2.21. The second-order valence-corrected chi connectivity index (χ2v) is 7.59. The van der Waals surface area contributed by atoms with Gasteiger partial charge in [0.1, 0.15) is 0 Å². The Morgan fingerprint density at radius 2 is 2.05 bits per heavy atom. The third kappa shape index (κ3) is 5.28. The van der Waals surface area contributed by atoms with Gasteiger partial charge in [-0.05, 0) is 26.2 Å². The Balaban J connectivity index is 2.50. The molecule has 1 atom stereocenters. The van der Waals surface area contributed by atoms with Crippen LogP contribution >= 0.6 is 0 Å². The van der Waals surface area contributed by atoms with Crippen molar-refractivity contribution >= 4 is 16.0 Å². The Bertz CT molecular complexity index is 420. The molecule has 0 aliphatic carbocycles. The van der Waals surface area contributed by atoms with E-state index in [0.29, 0.717) is 31.6 Å². The Morgan fingerprint density at radius 1 is 1.35 bits per heavy atom. The van der Waals surface area contributed by atoms with Gasteiger partial charge in [-0.3, -0.25) is 4.99 Å². The predicted octanol–water partition coefficient (Wildman–Crippen LogP) is 0.622. The van der Waals surface area contributed by atoms with Crippen LogP contribution in [0.2, 0.25) is 0 Å². The largest absolute Gasteiger partial charge is 0.357 e. The molecule has 1 aliphatic rings. The van der Waals surface area contributed by atoms with Crippen molar-refractivity contribution in [3.8, 4) is 0 Å². The van der Waals surface area contributed by atoms with Crippen LogP contribution in [0.1, 0.15) is 34.1 Å². The van der Waals surface area contributed by atoms with Gasteiger partial charge in [-0.15, -0.1) is 0 Å². The van der Waals surface area contributed by atoms with Crippen LogP contribution < -0.4 is 10.6 Å². The average Bonchev–Trinajstić information content (AvgIpc) is 2.68. The SMILES string of the molecule is CCNC(=NCCN1CCCS1(=O)=O)NC(C)C(C)C. The number of aliphatic imine (C=N–C) groups is 1. The van der Waals surface area contributed by atoms with E-state index in [-0.39, 0.29) is 5.75 Å². The molecule has 0 aromatic rings. The van der Waals surface area contributed by atoms with Crippen molar-refractivity contribution in [1.82, 2.24) is 14.9 Å². The first-order chi connectivity index (χ1) is 9.36. The van der Waals surface area contributed by atoms with Crippen molar-refractivity contribution in [1.29, 1.82) is 0 Å². The summed E-state index contributed by atoms with van der Waals surface area (Å²) in [6.45, 7) is 10.8. The molecule has 2 N–H and O–H groups in total. The summed E-state index contributed by atoms with van der Waals surface area (Å²) in [5.74, 6) is 1.54. The lowest BCUT2D eigenvalue weighted by Crippen LogP contribution is -2.44. The Morgan fingerprint density at radius 3 is 2.55 bits per heavy atom. The summed E-state index contributed by atoms with van der Waals surface area (Å²) in [5, 5.41) is 6.52. The molecule has 0 radical (unpaired) electrons. The fraction of sp³-hybridized carbons (Fsp3) is 0.923. The summed E-state index contributed by atoms with van der Waals surface area (Å²) in [6.07, 6.45) is 0.731. The van der Waals surface area contributed by atoms with Gasteiger partial charge in [0.25, 0.3) is 0 Å². The molecule has 0 saturated carbocycles. The highest BCUT2D eigenvalue weighted by Gasteiger charge is 2.27. The molecule has 1 unspecified atom stereocenters. The normalized spacial score (nSPS) is 21.1. The van der Waals surface area contributed by atoms with Crippen molar-refractivity contribution in [3.63, 3.8) is 0 Å². The van der Waals surface area contributed by atoms with E-state index in [9.17, 15) is 8.42 Å². The zero-order valence-electron chi connectivity index (χ0n) is 13.0. The zero-order valence-corrected chi connectivity index (χ0v) is 13.8. The van der Waals surface area contributed by atoms with E-state index in [1.165, 1.54) is 4.31 Å². The van der Waals surface area contributed by atoms with Crippen LogP contribution in [0.4, 0.5) is 0 Å². The van der Waals surface area contributed by atoms with E-state index >= 15 is 0 Å². The average molecular weight is 304 g/mol. The first kappa shape index (κ1) is 17.2. The van der Waals surface area contributed by atoms with Gasteiger partial charge in [0.2, 0.25) is 10.0 Å². The van der Waals surface area contributed by atoms with Crippen molar-refractivity contribution in [2.75, 3.05) is 31.9 Å². The first-order valence-electron chi connectivity index (χ1n) is 7.39. The summed E-state index contributed by atoms with van der Waals surface area (Å²) in [7, 11) is -3.01. The second-order valence-electron chi connectivity index (χ2n) is 5.51. The number of hydrogen-bond donors (Lipinski definition) is 2. The summed E-state index contributed by atoms with van der Waals surface area (Å²) in [5.41, 5.74) is 0. The van der Waals surface area contributed by atoms with Crippen LogP contribution in [0, 0.1) is 5.92 Å². The van der Waals surface area contributed by atoms with Gasteiger partial charge < -0.3 is 10.6 Å². The van der Waals surface area contributed by atoms with E-state index in [4.69, 9.17) is 0 Å². The van der Waals surface area contributed by atoms with Gasteiger partial charge >= 0.3 is 0 Å². The molecule has 1 fully saturated rings. The highest BCUT2D eigenvalue weighted by molar-refractivity contribution is 7.89. The molecular weight excluding hydrogens is 276 g/mol. The van der Waals surface area contributed by atoms with Crippen molar-refractivity contribution in [2.45, 2.75) is 40.2 Å². The molecule has 6 nitrogen and oxygen atoms in total. The molecule has 1 rings (SSSR count). The first-order valence-corrected chi connectivity index (χ1v) is 9.00. The van der Waals surface area contributed by atoms with E-state index in [2.05, 4.69) is 36.4 Å². The zero-order chi connectivity index (χ0) is 15.2. The van der Waals surface area contributed by atoms with Crippen molar-refractivity contribution in [3.05, 3.63) is 0 Å². The Kier molecular flexibility index (Phi) is 6.75. The summed E-state index contributed by atoms with van der Waals surface area (Å²) in [6, 6.07) is 0.323. The molecule has 0 aromatic carbocycles. The maximum Gasteiger partial charge on any atom is 0.214 e. The van der Waals surface area contributed by atoms with Gasteiger partial charge in [-0.25, -0.2) is 12.7 Å². The fourth-order valence-electron chi connectivity index (χ4n) is 1.92. The predicted molar refractivity (Wildman–Crippen MR) is 83.4 cm³/mol. The van der Waals surface area contributed by atoms with Crippen LogP contribution in [-0.2, 0) is 10.0 Å². The van der Waals surface area contributed by atoms with Gasteiger partial charge in [-0.1, -0.05) is 13.8 Å². The van der Waals surface area contributed by atoms with Gasteiger partial charge in [0.05, 0.1) is 12.3 Å². The molecule has 0 bridgehead atoms. The number of nitrogens with zero attached hydrogens (tertiary/aromatic N) is 2. The monoisotopic (exact) mass is 304 g/mol. The molecule has 20 heavy (non-hydrogen) atoms. The summed E-state index contributed by atoms with van der Waals surface area (Å²) in [4.78, 5) is 4.45. The minimum Gasteiger partial charge on any atom is -0.357 e. The fourth-order valence-corrected chi connectivity index (χ4v) is 3.44. The third-order valence-corrected chi connectivity index (χ3v) is 5.49. The van der Waals surface area contributed by atoms with Crippen LogP contribution in [0.15, 0.2) is 4.99 Å². The van der Waals surface area contributed by atoms with Gasteiger partial charge in [0.15, 0.2) is 5.96 Å². The van der Waals surface area contributed by atoms with Crippen molar-refractivity contribution in [2.24, 2.45) is 10.9 Å². The third-order valence-electron chi connectivity index (χ3n) is 3.53. The highest BCUT2D eigenvalue weighted by atomic mass is 32.2. The van der Waals surface area contributed by atoms with E-state index < -0.39 is 10.0 Å². The molecule has 0 spiro atoms. The topological polar surface area (TPSA) is 73.8 Å². The maximum absolute atomic E-state index is 11.7. The summed E-state index contributed by atoms with van der Waals surface area (Å²) < 4.78 is 24.9. The van der Waals surface area contributed by atoms with Crippen molar-refractivity contribution < 1.29 is 8.42 Å². The lowest BCUT2D eigenvalue weighted by molar-refractivity contribution is 0.450. The second kappa shape index (κ2) is 7.83. The van der Waals surface area contributed by atoms with Gasteiger partial charge in [-0.2, -0.15) is 0 Å². The van der Waals surface area contributed by atoms with Crippen LogP contribution in [0.3, 0.4) is 0 Å². The maximum atomic E-state index is 11.7. The number of rotatable bonds is 6. The molecular formula is C13H28N4O2S. The van der Waals surface area contributed by atoms with Crippen LogP contribution in [-0.4, -0.2) is 56.7 Å². The molecule has 0 aromatic heterocycles. The number of guanidine groups is 1. The lowest BCUT2D eigenvalue weighted by atomic mass is 10.1. The molecule has 0 amide bonds. The number of hydrogen-bond acceptors (Lipinski definition) is 3. The van der Waals surface area contributed by atoms with Gasteiger partial charge in [0, 0.05) is 25.7 Å². The molecule has 1 heterocycles. The molecule has 118 valence electrons. The Labute approximate surface area is 123 Å². The summed E-state index contributed by atoms with van der Waals surface area (Å²) >= 11 is 0. The molecule has 7 heteroatoms. The standard InChI is InChI=1S/C13H28N4O2S/c1-5-14-13(16-12(4)11(2)3)15-7-9-17-8-6-10-20(17,18)19/h11-12H,5-10H2,1-4H3,(H2,14,15,16). The molecule has 1 saturated heterocycles. The van der Waals surface area contributed by atoms with E-state index in [1.54, 1.807) is 0 Å². The number of nitrogens with one attached hydrogen (secondary N) is 2. The smallest absolute Gasteiger partial charge is 0.214 e. The molecule has 1 aliphatic heterocycles. The van der Waals surface area contributed by atoms with Crippen LogP contribution in [0.5, 0.6) is 0 Å².